The Kier molecular flexibility index (Phi) is 6.20. The summed E-state index contributed by atoms with van der Waals surface area (Å²) in [5, 5.41) is 8.13. The van der Waals surface area contributed by atoms with Gasteiger partial charge in [-0.15, -0.1) is 10.2 Å². The van der Waals surface area contributed by atoms with Gasteiger partial charge in [0.2, 0.25) is 17.7 Å². The normalized spacial score (nSPS) is 10.6. The Hall–Kier alpha value is -3.15. The van der Waals surface area contributed by atoms with Crippen molar-refractivity contribution in [3.8, 4) is 17.2 Å². The third-order valence-electron chi connectivity index (χ3n) is 4.31. The zero-order valence-corrected chi connectivity index (χ0v) is 15.6. The smallest absolute Gasteiger partial charge is 0.247 e. The van der Waals surface area contributed by atoms with Crippen LogP contribution in [0.4, 0.5) is 0 Å². The van der Waals surface area contributed by atoms with Gasteiger partial charge < -0.3 is 14.1 Å². The van der Waals surface area contributed by atoms with E-state index in [1.807, 2.05) is 66.4 Å². The fraction of sp³-hybridized carbons (Fsp3) is 0.286. The maximum atomic E-state index is 12.5. The number of amides is 1. The van der Waals surface area contributed by atoms with Crippen molar-refractivity contribution in [2.75, 3.05) is 13.7 Å². The average molecular weight is 365 g/mol. The second-order valence-corrected chi connectivity index (χ2v) is 6.12. The minimum absolute atomic E-state index is 0.0746. The van der Waals surface area contributed by atoms with Crippen LogP contribution in [0.1, 0.15) is 24.8 Å². The highest BCUT2D eigenvalue weighted by Gasteiger charge is 2.15. The lowest BCUT2D eigenvalue weighted by molar-refractivity contribution is -0.131. The maximum absolute atomic E-state index is 12.5. The molecule has 0 saturated heterocycles. The van der Waals surface area contributed by atoms with Crippen LogP contribution < -0.4 is 4.74 Å². The summed E-state index contributed by atoms with van der Waals surface area (Å²) in [5.74, 6) is 1.74. The van der Waals surface area contributed by atoms with Crippen molar-refractivity contribution in [1.82, 2.24) is 15.1 Å². The van der Waals surface area contributed by atoms with E-state index in [1.54, 1.807) is 7.11 Å². The molecule has 6 nitrogen and oxygen atoms in total. The van der Waals surface area contributed by atoms with E-state index in [9.17, 15) is 4.79 Å². The molecule has 0 spiro atoms. The molecule has 6 heteroatoms. The summed E-state index contributed by atoms with van der Waals surface area (Å²) < 4.78 is 10.8. The fourth-order valence-corrected chi connectivity index (χ4v) is 2.76. The van der Waals surface area contributed by atoms with Crippen LogP contribution in [0.25, 0.3) is 11.5 Å². The lowest BCUT2D eigenvalue weighted by atomic mass is 10.2. The molecule has 0 radical (unpaired) electrons. The fourth-order valence-electron chi connectivity index (χ4n) is 2.76. The van der Waals surface area contributed by atoms with Crippen molar-refractivity contribution in [3.05, 3.63) is 66.1 Å². The monoisotopic (exact) mass is 365 g/mol. The van der Waals surface area contributed by atoms with Gasteiger partial charge in [-0.1, -0.05) is 30.3 Å². The van der Waals surface area contributed by atoms with E-state index >= 15 is 0 Å². The highest BCUT2D eigenvalue weighted by molar-refractivity contribution is 5.76. The van der Waals surface area contributed by atoms with E-state index in [0.29, 0.717) is 37.7 Å². The molecule has 0 aliphatic heterocycles. The number of carbonyl (C=O) groups is 1. The highest BCUT2D eigenvalue weighted by Crippen LogP contribution is 2.21. The Morgan fingerprint density at radius 1 is 1.07 bits per heavy atom. The number of benzene rings is 2. The first-order valence-electron chi connectivity index (χ1n) is 8.98. The zero-order chi connectivity index (χ0) is 19.1. The van der Waals surface area contributed by atoms with Crippen LogP contribution in [0, 0.1) is 0 Å². The zero-order valence-electron chi connectivity index (χ0n) is 15.6. The first kappa shape index (κ1) is 18.6. The quantitative estimate of drug-likeness (QED) is 0.608. The molecule has 1 heterocycles. The van der Waals surface area contributed by atoms with Crippen molar-refractivity contribution in [3.63, 3.8) is 0 Å². The van der Waals surface area contributed by atoms with Crippen LogP contribution in [0.3, 0.4) is 0 Å². The van der Waals surface area contributed by atoms with Crippen molar-refractivity contribution < 1.29 is 13.9 Å². The molecule has 0 saturated carbocycles. The summed E-state index contributed by atoms with van der Waals surface area (Å²) in [7, 11) is 1.62. The van der Waals surface area contributed by atoms with Gasteiger partial charge >= 0.3 is 0 Å². The Labute approximate surface area is 158 Å². The third kappa shape index (κ3) is 4.94. The van der Waals surface area contributed by atoms with Gasteiger partial charge in [-0.05, 0) is 36.8 Å². The molecule has 1 aromatic heterocycles. The second-order valence-electron chi connectivity index (χ2n) is 6.12. The van der Waals surface area contributed by atoms with Crippen molar-refractivity contribution in [2.45, 2.75) is 26.3 Å². The Morgan fingerprint density at radius 3 is 2.48 bits per heavy atom. The Morgan fingerprint density at radius 2 is 1.81 bits per heavy atom. The van der Waals surface area contributed by atoms with Crippen LogP contribution in [-0.2, 0) is 17.8 Å². The number of hydrogen-bond donors (Lipinski definition) is 0. The predicted molar refractivity (Wildman–Crippen MR) is 102 cm³/mol. The molecule has 140 valence electrons. The van der Waals surface area contributed by atoms with Crippen LogP contribution >= 0.6 is 0 Å². The van der Waals surface area contributed by atoms with Gasteiger partial charge in [0.05, 0.1) is 7.11 Å². The lowest BCUT2D eigenvalue weighted by Crippen LogP contribution is -2.30. The topological polar surface area (TPSA) is 68.5 Å². The molecule has 2 aromatic carbocycles. The maximum Gasteiger partial charge on any atom is 0.247 e. The van der Waals surface area contributed by atoms with Crippen LogP contribution in [-0.4, -0.2) is 34.7 Å². The molecule has 0 aliphatic carbocycles. The molecule has 0 unspecified atom stereocenters. The van der Waals surface area contributed by atoms with Gasteiger partial charge in [-0.2, -0.15) is 0 Å². The molecule has 0 bridgehead atoms. The molecule has 0 aliphatic rings. The van der Waals surface area contributed by atoms with Gasteiger partial charge in [-0.25, -0.2) is 0 Å². The second kappa shape index (κ2) is 8.98. The number of hydrogen-bond acceptors (Lipinski definition) is 5. The molecular weight excluding hydrogens is 342 g/mol. The van der Waals surface area contributed by atoms with Gasteiger partial charge in [0, 0.05) is 31.5 Å². The van der Waals surface area contributed by atoms with Crippen molar-refractivity contribution in [1.29, 1.82) is 0 Å². The SMILES string of the molecule is CCN(Cc1ccccc1)C(=O)CCc1nnc(-c2ccc(OC)cc2)o1. The van der Waals surface area contributed by atoms with E-state index < -0.39 is 0 Å². The number of methoxy groups -OCH3 is 1. The molecule has 3 aromatic rings. The summed E-state index contributed by atoms with van der Waals surface area (Å²) in [5.41, 5.74) is 1.94. The van der Waals surface area contributed by atoms with E-state index in [-0.39, 0.29) is 5.91 Å². The Bertz CT molecular complexity index is 860. The molecule has 0 atom stereocenters. The van der Waals surface area contributed by atoms with Gasteiger partial charge in [0.15, 0.2) is 0 Å². The van der Waals surface area contributed by atoms with Crippen LogP contribution in [0.5, 0.6) is 5.75 Å². The summed E-state index contributed by atoms with van der Waals surface area (Å²) >= 11 is 0. The van der Waals surface area contributed by atoms with E-state index in [1.165, 1.54) is 0 Å². The van der Waals surface area contributed by atoms with E-state index in [2.05, 4.69) is 10.2 Å². The predicted octanol–water partition coefficient (Wildman–Crippen LogP) is 3.73. The minimum Gasteiger partial charge on any atom is -0.497 e. The largest absolute Gasteiger partial charge is 0.497 e. The molecule has 27 heavy (non-hydrogen) atoms. The standard InChI is InChI=1S/C21H23N3O3/c1-3-24(15-16-7-5-4-6-8-16)20(25)14-13-19-22-23-21(27-19)17-9-11-18(26-2)12-10-17/h4-12H,3,13-15H2,1-2H3. The number of ether oxygens (including phenoxy) is 1. The molecule has 0 N–H and O–H groups in total. The first-order valence-corrected chi connectivity index (χ1v) is 8.98. The number of aryl methyl sites for hydroxylation is 1. The molecule has 0 fully saturated rings. The molecular formula is C21H23N3O3. The van der Waals surface area contributed by atoms with E-state index in [0.717, 1.165) is 16.9 Å². The number of aromatic nitrogens is 2. The number of rotatable bonds is 8. The lowest BCUT2D eigenvalue weighted by Gasteiger charge is -2.20. The summed E-state index contributed by atoms with van der Waals surface area (Å²) in [6.07, 6.45) is 0.762. The van der Waals surface area contributed by atoms with Crippen LogP contribution in [0.2, 0.25) is 0 Å². The van der Waals surface area contributed by atoms with Crippen molar-refractivity contribution >= 4 is 5.91 Å². The van der Waals surface area contributed by atoms with Gasteiger partial charge in [0.1, 0.15) is 5.75 Å². The van der Waals surface area contributed by atoms with Crippen LogP contribution in [0.15, 0.2) is 59.0 Å². The highest BCUT2D eigenvalue weighted by atomic mass is 16.5. The van der Waals surface area contributed by atoms with Gasteiger partial charge in [0.25, 0.3) is 0 Å². The van der Waals surface area contributed by atoms with E-state index in [4.69, 9.17) is 9.15 Å². The minimum atomic E-state index is 0.0746. The summed E-state index contributed by atoms with van der Waals surface area (Å²) in [6.45, 7) is 3.25. The summed E-state index contributed by atoms with van der Waals surface area (Å²) in [6, 6.07) is 17.4. The molecule has 1 amide bonds. The number of carbonyl (C=O) groups excluding carboxylic acids is 1. The van der Waals surface area contributed by atoms with Crippen molar-refractivity contribution in [2.24, 2.45) is 0 Å². The first-order chi connectivity index (χ1) is 13.2. The third-order valence-corrected chi connectivity index (χ3v) is 4.31. The molecule has 3 rings (SSSR count). The number of nitrogens with zero attached hydrogens (tertiary/aromatic N) is 3. The average Bonchev–Trinajstić information content (AvgIpc) is 3.20. The van der Waals surface area contributed by atoms with Gasteiger partial charge in [-0.3, -0.25) is 4.79 Å². The summed E-state index contributed by atoms with van der Waals surface area (Å²) in [4.78, 5) is 14.4. The Balaban J connectivity index is 1.57.